The fourth-order valence-electron chi connectivity index (χ4n) is 2.62. The van der Waals surface area contributed by atoms with Crippen molar-refractivity contribution in [1.29, 1.82) is 5.41 Å². The van der Waals surface area contributed by atoms with Crippen LogP contribution in [0, 0.1) is 5.41 Å². The Morgan fingerprint density at radius 3 is 2.70 bits per heavy atom. The minimum atomic E-state index is 0.0756. The van der Waals surface area contributed by atoms with Crippen molar-refractivity contribution >= 4 is 11.7 Å². The van der Waals surface area contributed by atoms with Crippen molar-refractivity contribution in [2.75, 3.05) is 31.2 Å². The lowest BCUT2D eigenvalue weighted by Gasteiger charge is -2.24. The Bertz CT molecular complexity index is 481. The van der Waals surface area contributed by atoms with Crippen molar-refractivity contribution < 1.29 is 4.74 Å². The van der Waals surface area contributed by atoms with E-state index in [2.05, 4.69) is 22.0 Å². The number of aryl methyl sites for hydroxylation is 1. The number of aromatic nitrogens is 2. The molecule has 6 heteroatoms. The van der Waals surface area contributed by atoms with Gasteiger partial charge < -0.3 is 15.4 Å². The number of hydrogen-bond acceptors (Lipinski definition) is 5. The number of amidine groups is 1. The lowest BCUT2D eigenvalue weighted by Crippen LogP contribution is -2.31. The summed E-state index contributed by atoms with van der Waals surface area (Å²) in [5.74, 6) is 0.809. The fraction of sp³-hybridized carbons (Fsp3) is 0.643. The molecule has 2 rings (SSSR count). The molecule has 3 N–H and O–H groups in total. The van der Waals surface area contributed by atoms with E-state index < -0.39 is 0 Å². The van der Waals surface area contributed by atoms with E-state index in [-0.39, 0.29) is 5.84 Å². The molecule has 0 spiro atoms. The van der Waals surface area contributed by atoms with E-state index in [4.69, 9.17) is 15.9 Å². The molecule has 110 valence electrons. The maximum atomic E-state index is 7.92. The molecular formula is C14H23N5O. The van der Waals surface area contributed by atoms with Crippen molar-refractivity contribution in [1.82, 2.24) is 10.2 Å². The zero-order chi connectivity index (χ0) is 14.5. The Morgan fingerprint density at radius 1 is 1.25 bits per heavy atom. The molecular weight excluding hydrogens is 254 g/mol. The molecule has 1 aromatic heterocycles. The van der Waals surface area contributed by atoms with Crippen molar-refractivity contribution in [2.24, 2.45) is 5.73 Å². The monoisotopic (exact) mass is 277 g/mol. The van der Waals surface area contributed by atoms with Gasteiger partial charge in [0.2, 0.25) is 0 Å². The lowest BCUT2D eigenvalue weighted by atomic mass is 10.0. The van der Waals surface area contributed by atoms with Crippen LogP contribution in [0.4, 0.5) is 5.82 Å². The number of nitrogens with zero attached hydrogens (tertiary/aromatic N) is 3. The first-order valence-electron chi connectivity index (χ1n) is 7.24. The molecule has 0 aliphatic carbocycles. The van der Waals surface area contributed by atoms with Crippen LogP contribution in [-0.2, 0) is 17.6 Å². The molecule has 0 aromatic carbocycles. The number of anilines is 1. The molecule has 0 unspecified atom stereocenters. The summed E-state index contributed by atoms with van der Waals surface area (Å²) in [5.41, 5.74) is 8.56. The van der Waals surface area contributed by atoms with Crippen LogP contribution in [0.1, 0.15) is 37.1 Å². The van der Waals surface area contributed by atoms with Crippen LogP contribution < -0.4 is 10.6 Å². The van der Waals surface area contributed by atoms with Gasteiger partial charge in [-0.05, 0) is 24.8 Å². The highest BCUT2D eigenvalue weighted by Gasteiger charge is 2.22. The highest BCUT2D eigenvalue weighted by molar-refractivity contribution is 6.01. The van der Waals surface area contributed by atoms with Crippen molar-refractivity contribution in [3.8, 4) is 0 Å². The van der Waals surface area contributed by atoms with Gasteiger partial charge in [-0.15, -0.1) is 5.10 Å². The third-order valence-corrected chi connectivity index (χ3v) is 3.62. The standard InChI is InChI=1S/C14H23N5O/c1-3-10-11(4-2)17-18-14(12(10)13(15)16)19-6-5-8-20-9-7-19/h3-9H2,1-2H3,(H3,15,16). The van der Waals surface area contributed by atoms with Gasteiger partial charge >= 0.3 is 0 Å². The summed E-state index contributed by atoms with van der Waals surface area (Å²) in [6, 6.07) is 0. The summed E-state index contributed by atoms with van der Waals surface area (Å²) < 4.78 is 5.47. The molecule has 20 heavy (non-hydrogen) atoms. The SMILES string of the molecule is CCc1nnc(N2CCCOCC2)c(C(=N)N)c1CC. The number of rotatable bonds is 4. The van der Waals surface area contributed by atoms with E-state index in [9.17, 15) is 0 Å². The second-order valence-corrected chi connectivity index (χ2v) is 4.90. The van der Waals surface area contributed by atoms with Gasteiger partial charge in [0, 0.05) is 19.7 Å². The maximum absolute atomic E-state index is 7.92. The van der Waals surface area contributed by atoms with Crippen molar-refractivity contribution in [2.45, 2.75) is 33.1 Å². The summed E-state index contributed by atoms with van der Waals surface area (Å²) in [7, 11) is 0. The molecule has 1 aliphatic heterocycles. The topological polar surface area (TPSA) is 88.1 Å². The average Bonchev–Trinajstić information content (AvgIpc) is 2.74. The molecule has 0 bridgehead atoms. The predicted octanol–water partition coefficient (Wildman–Crippen LogP) is 1.11. The van der Waals surface area contributed by atoms with Gasteiger partial charge in [-0.2, -0.15) is 5.10 Å². The zero-order valence-corrected chi connectivity index (χ0v) is 12.3. The molecule has 1 saturated heterocycles. The van der Waals surface area contributed by atoms with Gasteiger partial charge in [-0.25, -0.2) is 0 Å². The number of ether oxygens (including phenoxy) is 1. The van der Waals surface area contributed by atoms with Crippen LogP contribution in [0.2, 0.25) is 0 Å². The van der Waals surface area contributed by atoms with Gasteiger partial charge in [-0.3, -0.25) is 5.41 Å². The molecule has 0 atom stereocenters. The smallest absolute Gasteiger partial charge is 0.162 e. The van der Waals surface area contributed by atoms with Crippen LogP contribution >= 0.6 is 0 Å². The fourth-order valence-corrected chi connectivity index (χ4v) is 2.62. The highest BCUT2D eigenvalue weighted by Crippen LogP contribution is 2.24. The lowest BCUT2D eigenvalue weighted by molar-refractivity contribution is 0.152. The molecule has 0 saturated carbocycles. The highest BCUT2D eigenvalue weighted by atomic mass is 16.5. The molecule has 0 amide bonds. The molecule has 1 aliphatic rings. The first-order chi connectivity index (χ1) is 9.69. The minimum absolute atomic E-state index is 0.0756. The average molecular weight is 277 g/mol. The summed E-state index contributed by atoms with van der Waals surface area (Å²) >= 11 is 0. The number of hydrogen-bond donors (Lipinski definition) is 2. The number of nitrogens with two attached hydrogens (primary N) is 1. The first kappa shape index (κ1) is 14.7. The predicted molar refractivity (Wildman–Crippen MR) is 79.5 cm³/mol. The van der Waals surface area contributed by atoms with Crippen LogP contribution in [0.5, 0.6) is 0 Å². The first-order valence-corrected chi connectivity index (χ1v) is 7.24. The van der Waals surface area contributed by atoms with Crippen molar-refractivity contribution in [3.63, 3.8) is 0 Å². The van der Waals surface area contributed by atoms with E-state index in [0.29, 0.717) is 6.61 Å². The minimum Gasteiger partial charge on any atom is -0.384 e. The van der Waals surface area contributed by atoms with Gasteiger partial charge in [0.1, 0.15) is 5.84 Å². The van der Waals surface area contributed by atoms with E-state index in [1.165, 1.54) is 0 Å². The van der Waals surface area contributed by atoms with E-state index in [1.54, 1.807) is 0 Å². The van der Waals surface area contributed by atoms with Gasteiger partial charge in [-0.1, -0.05) is 13.8 Å². The van der Waals surface area contributed by atoms with Crippen molar-refractivity contribution in [3.05, 3.63) is 16.8 Å². The maximum Gasteiger partial charge on any atom is 0.162 e. The second kappa shape index (κ2) is 6.65. The van der Waals surface area contributed by atoms with E-state index >= 15 is 0 Å². The molecule has 1 fully saturated rings. The molecule has 0 radical (unpaired) electrons. The molecule has 2 heterocycles. The van der Waals surface area contributed by atoms with Crippen LogP contribution in [0.3, 0.4) is 0 Å². The van der Waals surface area contributed by atoms with Crippen LogP contribution in [0.15, 0.2) is 0 Å². The van der Waals surface area contributed by atoms with Crippen LogP contribution in [-0.4, -0.2) is 42.3 Å². The Kier molecular flexibility index (Phi) is 4.89. The summed E-state index contributed by atoms with van der Waals surface area (Å²) in [6.45, 7) is 7.20. The third kappa shape index (κ3) is 2.90. The second-order valence-electron chi connectivity index (χ2n) is 4.90. The zero-order valence-electron chi connectivity index (χ0n) is 12.3. The Hall–Kier alpha value is -1.69. The summed E-state index contributed by atoms with van der Waals surface area (Å²) in [5, 5.41) is 16.6. The van der Waals surface area contributed by atoms with Gasteiger partial charge in [0.05, 0.1) is 17.9 Å². The summed E-state index contributed by atoms with van der Waals surface area (Å²) in [4.78, 5) is 2.13. The Balaban J connectivity index is 2.48. The third-order valence-electron chi connectivity index (χ3n) is 3.62. The number of nitrogens with one attached hydrogen (secondary N) is 1. The van der Waals surface area contributed by atoms with E-state index in [0.717, 1.165) is 61.6 Å². The van der Waals surface area contributed by atoms with Gasteiger partial charge in [0.25, 0.3) is 0 Å². The van der Waals surface area contributed by atoms with Gasteiger partial charge in [0.15, 0.2) is 5.82 Å². The Labute approximate surface area is 119 Å². The number of nitrogen functional groups attached to an aromatic ring is 1. The largest absolute Gasteiger partial charge is 0.384 e. The molecule has 1 aromatic rings. The van der Waals surface area contributed by atoms with E-state index in [1.807, 2.05) is 6.92 Å². The summed E-state index contributed by atoms with van der Waals surface area (Å²) in [6.07, 6.45) is 2.57. The quantitative estimate of drug-likeness (QED) is 0.636. The normalized spacial score (nSPS) is 16.0. The Morgan fingerprint density at radius 2 is 2.05 bits per heavy atom. The molecule has 6 nitrogen and oxygen atoms in total. The van der Waals surface area contributed by atoms with Crippen LogP contribution in [0.25, 0.3) is 0 Å².